The molecule has 0 radical (unpaired) electrons. The maximum Gasteiger partial charge on any atom is 0.130 e. The molecule has 1 N–H and O–H groups in total. The van der Waals surface area contributed by atoms with E-state index >= 15 is 0 Å². The summed E-state index contributed by atoms with van der Waals surface area (Å²) in [6, 6.07) is 10.1. The molecule has 0 spiro atoms. The maximum absolute atomic E-state index is 5.80. The normalized spacial score (nSPS) is 10.5. The van der Waals surface area contributed by atoms with Crippen molar-refractivity contribution < 1.29 is 4.74 Å². The first-order valence-corrected chi connectivity index (χ1v) is 6.73. The first-order valence-electron chi connectivity index (χ1n) is 6.73. The van der Waals surface area contributed by atoms with E-state index in [1.165, 1.54) is 0 Å². The largest absolute Gasteiger partial charge is 0.487 e. The molecule has 19 heavy (non-hydrogen) atoms. The number of hydrogen-bond donors (Lipinski definition) is 1. The Balaban J connectivity index is 2.02. The van der Waals surface area contributed by atoms with E-state index in [4.69, 9.17) is 4.74 Å². The Morgan fingerprint density at radius 1 is 1.21 bits per heavy atom. The molecule has 1 heterocycles. The van der Waals surface area contributed by atoms with E-state index in [1.807, 2.05) is 36.0 Å². The van der Waals surface area contributed by atoms with E-state index in [-0.39, 0.29) is 0 Å². The molecule has 1 aromatic heterocycles. The molecule has 0 aliphatic heterocycles. The number of rotatable bonds is 6. The molecule has 2 rings (SSSR count). The van der Waals surface area contributed by atoms with E-state index in [2.05, 4.69) is 30.3 Å². The molecule has 102 valence electrons. The van der Waals surface area contributed by atoms with Crippen LogP contribution in [0.15, 0.2) is 30.3 Å². The van der Waals surface area contributed by atoms with Gasteiger partial charge in [-0.1, -0.05) is 6.92 Å². The van der Waals surface area contributed by atoms with Crippen molar-refractivity contribution in [1.29, 1.82) is 0 Å². The van der Waals surface area contributed by atoms with Crippen LogP contribution in [0, 0.1) is 0 Å². The fraction of sp³-hybridized carbons (Fsp3) is 0.400. The van der Waals surface area contributed by atoms with Gasteiger partial charge in [0.2, 0.25) is 0 Å². The molecule has 4 heteroatoms. The minimum Gasteiger partial charge on any atom is -0.487 e. The summed E-state index contributed by atoms with van der Waals surface area (Å²) in [5.74, 6) is 0.876. The van der Waals surface area contributed by atoms with Crippen LogP contribution >= 0.6 is 0 Å². The molecule has 2 aromatic rings. The number of benzene rings is 1. The summed E-state index contributed by atoms with van der Waals surface area (Å²) >= 11 is 0. The molecular formula is C15H21N3O. The molecule has 0 atom stereocenters. The Bertz CT molecular complexity index is 517. The molecule has 0 aliphatic rings. The summed E-state index contributed by atoms with van der Waals surface area (Å²) in [4.78, 5) is 0. The van der Waals surface area contributed by atoms with Crippen LogP contribution in [0.5, 0.6) is 5.75 Å². The number of nitrogens with zero attached hydrogens (tertiary/aromatic N) is 2. The highest BCUT2D eigenvalue weighted by atomic mass is 16.5. The molecule has 1 aromatic carbocycles. The second-order valence-electron chi connectivity index (χ2n) is 4.36. The standard InChI is InChI=1S/C15H21N3O/c1-4-12-10-14(18(5-2)17-12)11-19-15-8-6-13(16-3)7-9-15/h6-10,16H,4-5,11H2,1-3H3. The van der Waals surface area contributed by atoms with Gasteiger partial charge >= 0.3 is 0 Å². The number of nitrogens with one attached hydrogen (secondary N) is 1. The lowest BCUT2D eigenvalue weighted by atomic mass is 10.3. The van der Waals surface area contributed by atoms with Crippen molar-refractivity contribution in [2.24, 2.45) is 0 Å². The van der Waals surface area contributed by atoms with Gasteiger partial charge in [-0.3, -0.25) is 4.68 Å². The average Bonchev–Trinajstić information content (AvgIpc) is 2.88. The van der Waals surface area contributed by atoms with Gasteiger partial charge in [-0.15, -0.1) is 0 Å². The van der Waals surface area contributed by atoms with Gasteiger partial charge in [-0.25, -0.2) is 0 Å². The molecule has 4 nitrogen and oxygen atoms in total. The third-order valence-electron chi connectivity index (χ3n) is 3.11. The zero-order chi connectivity index (χ0) is 13.7. The molecule has 0 saturated heterocycles. The number of anilines is 1. The highest BCUT2D eigenvalue weighted by Gasteiger charge is 2.06. The zero-order valence-electron chi connectivity index (χ0n) is 11.8. The molecule has 0 amide bonds. The smallest absolute Gasteiger partial charge is 0.130 e. The van der Waals surface area contributed by atoms with Crippen LogP contribution in [0.1, 0.15) is 25.2 Å². The van der Waals surface area contributed by atoms with Crippen LogP contribution in [0.4, 0.5) is 5.69 Å². The average molecular weight is 259 g/mol. The lowest BCUT2D eigenvalue weighted by molar-refractivity contribution is 0.292. The number of aromatic nitrogens is 2. The van der Waals surface area contributed by atoms with Crippen LogP contribution in [-0.4, -0.2) is 16.8 Å². The molecule has 0 aliphatic carbocycles. The molecular weight excluding hydrogens is 238 g/mol. The lowest BCUT2D eigenvalue weighted by Crippen LogP contribution is -2.06. The summed E-state index contributed by atoms with van der Waals surface area (Å²) in [5, 5.41) is 7.60. The topological polar surface area (TPSA) is 39.1 Å². The van der Waals surface area contributed by atoms with Crippen LogP contribution in [0.3, 0.4) is 0 Å². The minimum absolute atomic E-state index is 0.555. The summed E-state index contributed by atoms with van der Waals surface area (Å²) in [6.45, 7) is 5.64. The van der Waals surface area contributed by atoms with Crippen molar-refractivity contribution in [3.05, 3.63) is 41.7 Å². The number of aryl methyl sites for hydroxylation is 2. The lowest BCUT2D eigenvalue weighted by Gasteiger charge is -2.08. The van der Waals surface area contributed by atoms with Crippen LogP contribution < -0.4 is 10.1 Å². The second kappa shape index (κ2) is 6.27. The van der Waals surface area contributed by atoms with Crippen LogP contribution in [0.2, 0.25) is 0 Å². The van der Waals surface area contributed by atoms with E-state index < -0.39 is 0 Å². The van der Waals surface area contributed by atoms with Gasteiger partial charge in [0.1, 0.15) is 12.4 Å². The Kier molecular flexibility index (Phi) is 4.44. The van der Waals surface area contributed by atoms with Gasteiger partial charge in [0.15, 0.2) is 0 Å². The van der Waals surface area contributed by atoms with Crippen molar-refractivity contribution in [2.75, 3.05) is 12.4 Å². The third kappa shape index (κ3) is 3.28. The zero-order valence-corrected chi connectivity index (χ0v) is 11.8. The fourth-order valence-corrected chi connectivity index (χ4v) is 1.95. The van der Waals surface area contributed by atoms with Crippen molar-refractivity contribution in [2.45, 2.75) is 33.4 Å². The molecule has 0 saturated carbocycles. The second-order valence-corrected chi connectivity index (χ2v) is 4.36. The summed E-state index contributed by atoms with van der Waals surface area (Å²) < 4.78 is 7.80. The summed E-state index contributed by atoms with van der Waals surface area (Å²) in [5.41, 5.74) is 3.32. The van der Waals surface area contributed by atoms with Gasteiger partial charge in [0.05, 0.1) is 11.4 Å². The van der Waals surface area contributed by atoms with Gasteiger partial charge in [-0.2, -0.15) is 5.10 Å². The monoisotopic (exact) mass is 259 g/mol. The van der Waals surface area contributed by atoms with Crippen LogP contribution in [0.25, 0.3) is 0 Å². The highest BCUT2D eigenvalue weighted by molar-refractivity contribution is 5.45. The molecule has 0 unspecified atom stereocenters. The quantitative estimate of drug-likeness (QED) is 0.866. The van der Waals surface area contributed by atoms with E-state index in [0.717, 1.165) is 35.8 Å². The first-order chi connectivity index (χ1) is 9.26. The van der Waals surface area contributed by atoms with Crippen molar-refractivity contribution in [1.82, 2.24) is 9.78 Å². The number of ether oxygens (including phenoxy) is 1. The Labute approximate surface area is 114 Å². The van der Waals surface area contributed by atoms with Gasteiger partial charge in [-0.05, 0) is 43.7 Å². The maximum atomic E-state index is 5.80. The summed E-state index contributed by atoms with van der Waals surface area (Å²) in [6.07, 6.45) is 0.955. The van der Waals surface area contributed by atoms with Crippen molar-refractivity contribution in [3.63, 3.8) is 0 Å². The Morgan fingerprint density at radius 3 is 2.53 bits per heavy atom. The SMILES string of the molecule is CCc1cc(COc2ccc(NC)cc2)n(CC)n1. The summed E-state index contributed by atoms with van der Waals surface area (Å²) in [7, 11) is 1.90. The highest BCUT2D eigenvalue weighted by Crippen LogP contribution is 2.17. The van der Waals surface area contributed by atoms with Gasteiger partial charge < -0.3 is 10.1 Å². The van der Waals surface area contributed by atoms with Gasteiger partial charge in [0, 0.05) is 19.3 Å². The third-order valence-corrected chi connectivity index (χ3v) is 3.11. The Morgan fingerprint density at radius 2 is 1.95 bits per heavy atom. The van der Waals surface area contributed by atoms with E-state index in [0.29, 0.717) is 6.61 Å². The predicted molar refractivity (Wildman–Crippen MR) is 77.6 cm³/mol. The Hall–Kier alpha value is -1.97. The fourth-order valence-electron chi connectivity index (χ4n) is 1.95. The minimum atomic E-state index is 0.555. The van der Waals surface area contributed by atoms with Crippen molar-refractivity contribution >= 4 is 5.69 Å². The van der Waals surface area contributed by atoms with E-state index in [9.17, 15) is 0 Å². The van der Waals surface area contributed by atoms with Gasteiger partial charge in [0.25, 0.3) is 0 Å². The van der Waals surface area contributed by atoms with Crippen LogP contribution in [-0.2, 0) is 19.6 Å². The predicted octanol–water partition coefficient (Wildman–Crippen LogP) is 3.09. The first kappa shape index (κ1) is 13.5. The van der Waals surface area contributed by atoms with Crippen molar-refractivity contribution in [3.8, 4) is 5.75 Å². The van der Waals surface area contributed by atoms with E-state index in [1.54, 1.807) is 0 Å². The molecule has 0 bridgehead atoms. The number of hydrogen-bond acceptors (Lipinski definition) is 3. The molecule has 0 fully saturated rings.